The maximum Gasteiger partial charge on any atom is 0.0541 e. The zero-order chi connectivity index (χ0) is 37.0. The summed E-state index contributed by atoms with van der Waals surface area (Å²) >= 11 is 0. The fourth-order valence-electron chi connectivity index (χ4n) is 8.72. The molecular weight excluding hydrogens is 677 g/mol. The zero-order valence-corrected chi connectivity index (χ0v) is 30.7. The molecule has 56 heavy (non-hydrogen) atoms. The number of fused-ring (bicyclic) bond motifs is 9. The first-order valence-electron chi connectivity index (χ1n) is 19.3. The Balaban J connectivity index is 1.01. The minimum absolute atomic E-state index is 1.10. The summed E-state index contributed by atoms with van der Waals surface area (Å²) < 4.78 is 2.37. The van der Waals surface area contributed by atoms with Gasteiger partial charge in [0, 0.05) is 33.5 Å². The minimum atomic E-state index is 1.10. The molecule has 0 fully saturated rings. The molecule has 0 saturated heterocycles. The molecule has 10 aromatic carbocycles. The molecule has 0 N–H and O–H groups in total. The molecule has 0 saturated carbocycles. The molecule has 2 nitrogen and oxygen atoms in total. The van der Waals surface area contributed by atoms with Crippen LogP contribution < -0.4 is 4.90 Å². The average Bonchev–Trinajstić information content (AvgIpc) is 3.62. The molecule has 0 aliphatic heterocycles. The van der Waals surface area contributed by atoms with Crippen LogP contribution in [-0.2, 0) is 0 Å². The summed E-state index contributed by atoms with van der Waals surface area (Å²) in [6, 6.07) is 79.3. The summed E-state index contributed by atoms with van der Waals surface area (Å²) in [6.45, 7) is 0. The van der Waals surface area contributed by atoms with Crippen molar-refractivity contribution >= 4 is 71.2 Å². The number of hydrogen-bond acceptors (Lipinski definition) is 1. The molecule has 262 valence electrons. The highest BCUT2D eigenvalue weighted by molar-refractivity contribution is 6.25. The summed E-state index contributed by atoms with van der Waals surface area (Å²) in [5.41, 5.74) is 11.7. The van der Waals surface area contributed by atoms with Gasteiger partial charge in [-0.1, -0.05) is 152 Å². The summed E-state index contributed by atoms with van der Waals surface area (Å²) in [6.07, 6.45) is 0. The Hall–Kier alpha value is -7.42. The van der Waals surface area contributed by atoms with Gasteiger partial charge in [0.1, 0.15) is 0 Å². The van der Waals surface area contributed by atoms with Gasteiger partial charge in [0.2, 0.25) is 0 Å². The molecule has 11 rings (SSSR count). The first kappa shape index (κ1) is 32.0. The highest BCUT2D eigenvalue weighted by Gasteiger charge is 2.16. The molecule has 0 spiro atoms. The Morgan fingerprint density at radius 2 is 0.607 bits per heavy atom. The lowest BCUT2D eigenvalue weighted by Crippen LogP contribution is -2.10. The Morgan fingerprint density at radius 3 is 1.12 bits per heavy atom. The van der Waals surface area contributed by atoms with E-state index < -0.39 is 0 Å². The van der Waals surface area contributed by atoms with Crippen molar-refractivity contribution in [3.63, 3.8) is 0 Å². The van der Waals surface area contributed by atoms with Crippen LogP contribution in [0.4, 0.5) is 17.1 Å². The van der Waals surface area contributed by atoms with Crippen LogP contribution in [0.3, 0.4) is 0 Å². The first-order chi connectivity index (χ1) is 27.8. The van der Waals surface area contributed by atoms with E-state index in [9.17, 15) is 0 Å². The van der Waals surface area contributed by atoms with Crippen molar-refractivity contribution < 1.29 is 0 Å². The number of rotatable bonds is 6. The number of nitrogens with zero attached hydrogens (tertiary/aromatic N) is 2. The Bertz CT molecular complexity index is 3120. The maximum atomic E-state index is 2.37. The van der Waals surface area contributed by atoms with E-state index in [-0.39, 0.29) is 0 Å². The van der Waals surface area contributed by atoms with Gasteiger partial charge in [-0.3, -0.25) is 0 Å². The van der Waals surface area contributed by atoms with Gasteiger partial charge in [-0.25, -0.2) is 0 Å². The average molecular weight is 713 g/mol. The number of aromatic nitrogens is 1. The second kappa shape index (κ2) is 13.2. The number of para-hydroxylation sites is 2. The van der Waals surface area contributed by atoms with Gasteiger partial charge in [0.25, 0.3) is 0 Å². The molecule has 0 amide bonds. The van der Waals surface area contributed by atoms with Crippen molar-refractivity contribution in [1.82, 2.24) is 4.57 Å². The predicted octanol–water partition coefficient (Wildman–Crippen LogP) is 15.0. The van der Waals surface area contributed by atoms with Gasteiger partial charge < -0.3 is 9.47 Å². The van der Waals surface area contributed by atoms with Crippen LogP contribution in [0.1, 0.15) is 0 Å². The summed E-state index contributed by atoms with van der Waals surface area (Å²) in [5, 5.41) is 10.3. The van der Waals surface area contributed by atoms with Crippen molar-refractivity contribution in [2.75, 3.05) is 4.90 Å². The minimum Gasteiger partial charge on any atom is -0.311 e. The van der Waals surface area contributed by atoms with Crippen LogP contribution in [0.25, 0.3) is 82.1 Å². The van der Waals surface area contributed by atoms with Crippen LogP contribution in [-0.4, -0.2) is 4.57 Å². The second-order valence-electron chi connectivity index (χ2n) is 14.5. The van der Waals surface area contributed by atoms with Crippen LogP contribution in [0.2, 0.25) is 0 Å². The van der Waals surface area contributed by atoms with Crippen LogP contribution in [0.15, 0.2) is 218 Å². The zero-order valence-electron chi connectivity index (χ0n) is 30.7. The number of benzene rings is 10. The summed E-state index contributed by atoms with van der Waals surface area (Å²) in [4.78, 5) is 2.36. The first-order valence-corrected chi connectivity index (χ1v) is 19.3. The molecule has 0 aliphatic carbocycles. The van der Waals surface area contributed by atoms with Crippen molar-refractivity contribution in [2.45, 2.75) is 0 Å². The van der Waals surface area contributed by atoms with Crippen molar-refractivity contribution in [3.8, 4) is 27.9 Å². The van der Waals surface area contributed by atoms with Crippen molar-refractivity contribution in [3.05, 3.63) is 218 Å². The molecule has 0 bridgehead atoms. The molecule has 1 aromatic heterocycles. The molecule has 11 aromatic rings. The van der Waals surface area contributed by atoms with E-state index in [0.717, 1.165) is 22.7 Å². The van der Waals surface area contributed by atoms with E-state index in [2.05, 4.69) is 228 Å². The fraction of sp³-hybridized carbons (Fsp3) is 0. The third-order valence-corrected chi connectivity index (χ3v) is 11.4. The largest absolute Gasteiger partial charge is 0.311 e. The predicted molar refractivity (Wildman–Crippen MR) is 239 cm³/mol. The van der Waals surface area contributed by atoms with Gasteiger partial charge >= 0.3 is 0 Å². The van der Waals surface area contributed by atoms with E-state index in [4.69, 9.17) is 0 Å². The van der Waals surface area contributed by atoms with E-state index in [0.29, 0.717) is 0 Å². The third kappa shape index (κ3) is 5.26. The number of anilines is 3. The Morgan fingerprint density at radius 1 is 0.250 bits per heavy atom. The van der Waals surface area contributed by atoms with E-state index in [1.165, 1.54) is 76.4 Å². The molecule has 0 unspecified atom stereocenters. The van der Waals surface area contributed by atoms with Gasteiger partial charge in [-0.2, -0.15) is 0 Å². The lowest BCUT2D eigenvalue weighted by atomic mass is 9.92. The smallest absolute Gasteiger partial charge is 0.0541 e. The van der Waals surface area contributed by atoms with Crippen LogP contribution >= 0.6 is 0 Å². The third-order valence-electron chi connectivity index (χ3n) is 11.4. The standard InChI is InChI=1S/C54H36N2/c1-2-12-37(13-3-1)38-22-27-41(28-23-38)55(43-31-33-44(34-32-43)56-53-20-10-8-18-50(53)51-19-9-11-21-54(51)56)42-29-24-39(25-30-42)40-26-35-49-47-16-5-4-14-45(47)46-15-6-7-17-48(46)52(49)36-40/h1-36H. The molecule has 0 atom stereocenters. The quantitative estimate of drug-likeness (QED) is 0.156. The Kier molecular flexibility index (Phi) is 7.53. The van der Waals surface area contributed by atoms with Gasteiger partial charge in [0.15, 0.2) is 0 Å². The van der Waals surface area contributed by atoms with Gasteiger partial charge in [0.05, 0.1) is 11.0 Å². The lowest BCUT2D eigenvalue weighted by Gasteiger charge is -2.26. The normalized spacial score (nSPS) is 11.6. The van der Waals surface area contributed by atoms with Crippen molar-refractivity contribution in [2.24, 2.45) is 0 Å². The molecule has 0 aliphatic rings. The number of hydrogen-bond donors (Lipinski definition) is 0. The van der Waals surface area contributed by atoms with Crippen LogP contribution in [0, 0.1) is 0 Å². The molecule has 2 heteroatoms. The summed E-state index contributed by atoms with van der Waals surface area (Å²) in [7, 11) is 0. The highest BCUT2D eigenvalue weighted by Crippen LogP contribution is 2.40. The maximum absolute atomic E-state index is 2.37. The van der Waals surface area contributed by atoms with E-state index in [1.54, 1.807) is 0 Å². The summed E-state index contributed by atoms with van der Waals surface area (Å²) in [5.74, 6) is 0. The molecule has 0 radical (unpaired) electrons. The molecule has 1 heterocycles. The second-order valence-corrected chi connectivity index (χ2v) is 14.5. The Labute approximate surface area is 325 Å². The SMILES string of the molecule is c1ccc(-c2ccc(N(c3ccc(-c4ccc5c6ccccc6c6ccccc6c5c4)cc3)c3ccc(-n4c5ccccc5c5ccccc54)cc3)cc2)cc1. The highest BCUT2D eigenvalue weighted by atomic mass is 15.1. The van der Waals surface area contributed by atoms with E-state index in [1.807, 2.05) is 0 Å². The molecular formula is C54H36N2. The van der Waals surface area contributed by atoms with Crippen LogP contribution in [0.5, 0.6) is 0 Å². The van der Waals surface area contributed by atoms with Gasteiger partial charge in [-0.15, -0.1) is 0 Å². The van der Waals surface area contributed by atoms with Gasteiger partial charge in [-0.05, 0) is 121 Å². The van der Waals surface area contributed by atoms with Crippen molar-refractivity contribution in [1.29, 1.82) is 0 Å². The lowest BCUT2D eigenvalue weighted by molar-refractivity contribution is 1.17. The monoisotopic (exact) mass is 712 g/mol. The van der Waals surface area contributed by atoms with E-state index >= 15 is 0 Å². The fourth-order valence-corrected chi connectivity index (χ4v) is 8.72. The topological polar surface area (TPSA) is 8.17 Å².